The minimum absolute atomic E-state index is 0.00159. The van der Waals surface area contributed by atoms with E-state index < -0.39 is 17.5 Å². The van der Waals surface area contributed by atoms with E-state index in [0.717, 1.165) is 11.8 Å². The van der Waals surface area contributed by atoms with E-state index in [0.29, 0.717) is 12.6 Å². The Morgan fingerprint density at radius 2 is 1.80 bits per heavy atom. The van der Waals surface area contributed by atoms with E-state index in [2.05, 4.69) is 11.4 Å². The van der Waals surface area contributed by atoms with Crippen molar-refractivity contribution in [2.24, 2.45) is 0 Å². The van der Waals surface area contributed by atoms with Crippen molar-refractivity contribution in [2.45, 2.75) is 10.8 Å². The van der Waals surface area contributed by atoms with Gasteiger partial charge >= 0.3 is 0 Å². The summed E-state index contributed by atoms with van der Waals surface area (Å²) in [6.07, 6.45) is 0. The zero-order valence-corrected chi connectivity index (χ0v) is 11.3. The van der Waals surface area contributed by atoms with E-state index in [1.807, 2.05) is 18.2 Å². The van der Waals surface area contributed by atoms with Crippen molar-refractivity contribution in [1.82, 2.24) is 0 Å². The molecule has 5 heteroatoms. The van der Waals surface area contributed by atoms with Crippen LogP contribution in [-0.4, -0.2) is 12.3 Å². The molecule has 0 bridgehead atoms. The third-order valence-corrected chi connectivity index (χ3v) is 4.60. The van der Waals surface area contributed by atoms with E-state index in [1.54, 1.807) is 11.8 Å². The van der Waals surface area contributed by atoms with Crippen LogP contribution in [0, 0.1) is 17.5 Å². The smallest absolute Gasteiger partial charge is 0.161 e. The highest BCUT2D eigenvalue weighted by atomic mass is 32.2. The quantitative estimate of drug-likeness (QED) is 0.842. The van der Waals surface area contributed by atoms with Gasteiger partial charge in [0.05, 0.1) is 5.69 Å². The number of hydrogen-bond acceptors (Lipinski definition) is 2. The molecule has 3 rings (SSSR count). The minimum atomic E-state index is -1.17. The molecule has 2 aromatic carbocycles. The number of nitrogens with one attached hydrogen (secondary N) is 1. The van der Waals surface area contributed by atoms with Crippen LogP contribution in [0.5, 0.6) is 0 Å². The highest BCUT2D eigenvalue weighted by Gasteiger charge is 2.22. The first-order chi connectivity index (χ1) is 9.65. The van der Waals surface area contributed by atoms with E-state index in [4.69, 9.17) is 0 Å². The summed E-state index contributed by atoms with van der Waals surface area (Å²) < 4.78 is 39.5. The molecule has 1 nitrogen and oxygen atoms in total. The molecule has 20 heavy (non-hydrogen) atoms. The average Bonchev–Trinajstić information content (AvgIpc) is 2.85. The fourth-order valence-electron chi connectivity index (χ4n) is 2.29. The van der Waals surface area contributed by atoms with Crippen LogP contribution in [0.3, 0.4) is 0 Å². The van der Waals surface area contributed by atoms with Crippen molar-refractivity contribution in [1.29, 1.82) is 0 Å². The van der Waals surface area contributed by atoms with Crippen molar-refractivity contribution >= 4 is 17.4 Å². The lowest BCUT2D eigenvalue weighted by Crippen LogP contribution is -2.13. The molecule has 104 valence electrons. The number of rotatable bonds is 3. The maximum absolute atomic E-state index is 13.5. The largest absolute Gasteiger partial charge is 0.382 e. The van der Waals surface area contributed by atoms with Crippen molar-refractivity contribution in [3.8, 4) is 0 Å². The molecule has 1 N–H and O–H groups in total. The van der Waals surface area contributed by atoms with Crippen LogP contribution in [0.2, 0.25) is 0 Å². The molecule has 1 aliphatic rings. The summed E-state index contributed by atoms with van der Waals surface area (Å²) in [4.78, 5) is 1.23. The Morgan fingerprint density at radius 3 is 2.65 bits per heavy atom. The highest BCUT2D eigenvalue weighted by molar-refractivity contribution is 7.99. The molecular formula is C15H12F3NS. The second-order valence-electron chi connectivity index (χ2n) is 4.67. The Bertz CT molecular complexity index is 645. The number of anilines is 1. The summed E-state index contributed by atoms with van der Waals surface area (Å²) >= 11 is 1.75. The van der Waals surface area contributed by atoms with Crippen molar-refractivity contribution < 1.29 is 13.2 Å². The molecule has 0 radical (unpaired) electrons. The fourth-order valence-corrected chi connectivity index (χ4v) is 3.54. The molecule has 1 atom stereocenters. The van der Waals surface area contributed by atoms with Crippen molar-refractivity contribution in [2.75, 3.05) is 17.6 Å². The van der Waals surface area contributed by atoms with Gasteiger partial charge in [0.2, 0.25) is 0 Å². The van der Waals surface area contributed by atoms with Gasteiger partial charge in [-0.05, 0) is 11.6 Å². The van der Waals surface area contributed by atoms with E-state index in [9.17, 15) is 13.2 Å². The summed E-state index contributed by atoms with van der Waals surface area (Å²) in [6.45, 7) is 0.492. The van der Waals surface area contributed by atoms with Crippen LogP contribution < -0.4 is 5.32 Å². The van der Waals surface area contributed by atoms with Gasteiger partial charge in [-0.15, -0.1) is 11.8 Å². The molecule has 1 aliphatic heterocycles. The standard InChI is InChI=1S/C15H12F3NS/c16-11-5-13(18)14(6-12(11)17)19-7-9-8-20-15-4-2-1-3-10(9)15/h1-6,9,19H,7-8H2. The normalized spacial score (nSPS) is 17.1. The number of fused-ring (bicyclic) bond motifs is 1. The Hall–Kier alpha value is -1.62. The molecule has 1 heterocycles. The van der Waals surface area contributed by atoms with Crippen LogP contribution in [0.4, 0.5) is 18.9 Å². The maximum atomic E-state index is 13.5. The summed E-state index contributed by atoms with van der Waals surface area (Å²) in [5, 5.41) is 2.87. The Balaban J connectivity index is 1.74. The number of benzene rings is 2. The lowest BCUT2D eigenvalue weighted by atomic mass is 10.0. The predicted octanol–water partition coefficient (Wildman–Crippen LogP) is 4.41. The summed E-state index contributed by atoms with van der Waals surface area (Å²) in [5.74, 6) is -1.85. The third-order valence-electron chi connectivity index (χ3n) is 3.35. The monoisotopic (exact) mass is 295 g/mol. The van der Waals surface area contributed by atoms with Gasteiger partial charge in [0.15, 0.2) is 11.6 Å². The molecular weight excluding hydrogens is 283 g/mol. The number of halogens is 3. The van der Waals surface area contributed by atoms with E-state index >= 15 is 0 Å². The minimum Gasteiger partial charge on any atom is -0.382 e. The van der Waals surface area contributed by atoms with Crippen LogP contribution in [0.15, 0.2) is 41.3 Å². The first kappa shape index (κ1) is 13.4. The van der Waals surface area contributed by atoms with E-state index in [-0.39, 0.29) is 11.6 Å². The first-order valence-corrected chi connectivity index (χ1v) is 7.24. The maximum Gasteiger partial charge on any atom is 0.161 e. The van der Waals surface area contributed by atoms with Crippen LogP contribution >= 0.6 is 11.8 Å². The zero-order valence-electron chi connectivity index (χ0n) is 10.5. The van der Waals surface area contributed by atoms with Crippen molar-refractivity contribution in [3.05, 3.63) is 59.4 Å². The fraction of sp³-hybridized carbons (Fsp3) is 0.200. The lowest BCUT2D eigenvalue weighted by Gasteiger charge is -2.14. The van der Waals surface area contributed by atoms with Crippen LogP contribution in [0.1, 0.15) is 11.5 Å². The van der Waals surface area contributed by atoms with Gasteiger partial charge in [0.25, 0.3) is 0 Å². The Kier molecular flexibility index (Phi) is 3.61. The van der Waals surface area contributed by atoms with Gasteiger partial charge in [-0.1, -0.05) is 18.2 Å². The van der Waals surface area contributed by atoms with Gasteiger partial charge in [-0.3, -0.25) is 0 Å². The second-order valence-corrected chi connectivity index (χ2v) is 5.73. The number of thioether (sulfide) groups is 1. The molecule has 0 saturated carbocycles. The van der Waals surface area contributed by atoms with Gasteiger partial charge < -0.3 is 5.32 Å². The molecule has 0 spiro atoms. The molecule has 0 saturated heterocycles. The van der Waals surface area contributed by atoms with Crippen molar-refractivity contribution in [3.63, 3.8) is 0 Å². The molecule has 0 aliphatic carbocycles. The van der Waals surface area contributed by atoms with Gasteiger partial charge in [0.1, 0.15) is 5.82 Å². The second kappa shape index (κ2) is 5.40. The SMILES string of the molecule is Fc1cc(F)c(NCC2CSc3ccccc32)cc1F. The zero-order chi connectivity index (χ0) is 14.1. The van der Waals surface area contributed by atoms with Crippen LogP contribution in [-0.2, 0) is 0 Å². The summed E-state index contributed by atoms with van der Waals surface area (Å²) in [6, 6.07) is 9.47. The molecule has 1 unspecified atom stereocenters. The van der Waals surface area contributed by atoms with Gasteiger partial charge in [0, 0.05) is 35.2 Å². The summed E-state index contributed by atoms with van der Waals surface area (Å²) in [5.41, 5.74) is 1.21. The third kappa shape index (κ3) is 2.50. The van der Waals surface area contributed by atoms with Gasteiger partial charge in [-0.2, -0.15) is 0 Å². The Morgan fingerprint density at radius 1 is 1.05 bits per heavy atom. The topological polar surface area (TPSA) is 12.0 Å². The number of hydrogen-bond donors (Lipinski definition) is 1. The molecule has 0 aromatic heterocycles. The van der Waals surface area contributed by atoms with Gasteiger partial charge in [-0.25, -0.2) is 13.2 Å². The van der Waals surface area contributed by atoms with E-state index in [1.165, 1.54) is 10.5 Å². The predicted molar refractivity (Wildman–Crippen MR) is 74.7 cm³/mol. The molecule has 0 amide bonds. The highest BCUT2D eigenvalue weighted by Crippen LogP contribution is 2.39. The first-order valence-electron chi connectivity index (χ1n) is 6.25. The molecule has 0 fully saturated rings. The molecule has 2 aromatic rings. The summed E-state index contributed by atoms with van der Waals surface area (Å²) in [7, 11) is 0. The lowest BCUT2D eigenvalue weighted by molar-refractivity contribution is 0.496. The average molecular weight is 295 g/mol. The Labute approximate surface area is 119 Å². The van der Waals surface area contributed by atoms with Crippen LogP contribution in [0.25, 0.3) is 0 Å².